The van der Waals surface area contributed by atoms with Crippen LogP contribution >= 0.6 is 0 Å². The van der Waals surface area contributed by atoms with E-state index in [-0.39, 0.29) is 0 Å². The molecule has 2 N–H and O–H groups in total. The number of methoxy groups -OCH3 is 1. The molecule has 0 aromatic rings. The van der Waals surface area contributed by atoms with Crippen LogP contribution in [0.4, 0.5) is 0 Å². The third kappa shape index (κ3) is 5.77. The molecule has 2 unspecified atom stereocenters. The minimum Gasteiger partial charge on any atom is -0.480 e. The highest BCUT2D eigenvalue weighted by Crippen LogP contribution is 2.19. The van der Waals surface area contributed by atoms with E-state index in [1.54, 1.807) is 7.11 Å². The average Bonchev–Trinajstić information content (AvgIpc) is 2.42. The van der Waals surface area contributed by atoms with Gasteiger partial charge in [0.1, 0.15) is 5.54 Å². The fourth-order valence-electron chi connectivity index (χ4n) is 2.68. The molecular weight excluding hydrogens is 256 g/mol. The molecule has 5 nitrogen and oxygen atoms in total. The molecule has 0 rings (SSSR count). The van der Waals surface area contributed by atoms with Crippen LogP contribution in [0, 0.1) is 0 Å². The lowest BCUT2D eigenvalue weighted by molar-refractivity contribution is -0.145. The van der Waals surface area contributed by atoms with Gasteiger partial charge in [-0.25, -0.2) is 0 Å². The zero-order chi connectivity index (χ0) is 15.6. The van der Waals surface area contributed by atoms with Crippen molar-refractivity contribution in [2.75, 3.05) is 33.4 Å². The van der Waals surface area contributed by atoms with Crippen LogP contribution in [-0.4, -0.2) is 60.9 Å². The first kappa shape index (κ1) is 19.4. The molecule has 0 saturated heterocycles. The number of carboxylic acids is 1. The van der Waals surface area contributed by atoms with Crippen molar-refractivity contribution in [3.05, 3.63) is 0 Å². The van der Waals surface area contributed by atoms with E-state index in [9.17, 15) is 9.90 Å². The van der Waals surface area contributed by atoms with Gasteiger partial charge >= 0.3 is 5.97 Å². The molecule has 20 heavy (non-hydrogen) atoms. The number of nitrogens with one attached hydrogen (secondary N) is 1. The minimum atomic E-state index is -0.779. The van der Waals surface area contributed by atoms with E-state index in [2.05, 4.69) is 24.1 Å². The SMILES string of the molecule is CCNC(CC)(CCCN(CC)C(C)COC)C(=O)O. The quantitative estimate of drug-likeness (QED) is 0.575. The van der Waals surface area contributed by atoms with Gasteiger partial charge in [0.2, 0.25) is 0 Å². The first-order chi connectivity index (χ1) is 9.47. The van der Waals surface area contributed by atoms with Gasteiger partial charge in [-0.15, -0.1) is 0 Å². The van der Waals surface area contributed by atoms with Gasteiger partial charge in [-0.1, -0.05) is 20.8 Å². The summed E-state index contributed by atoms with van der Waals surface area (Å²) in [4.78, 5) is 13.9. The fraction of sp³-hybridized carbons (Fsp3) is 0.933. The first-order valence-electron chi connectivity index (χ1n) is 7.68. The number of rotatable bonds is 12. The van der Waals surface area contributed by atoms with Gasteiger partial charge in [0.05, 0.1) is 6.61 Å². The zero-order valence-corrected chi connectivity index (χ0v) is 13.7. The maximum absolute atomic E-state index is 11.5. The Bertz CT molecular complexity index is 274. The highest BCUT2D eigenvalue weighted by Gasteiger charge is 2.35. The number of hydrogen-bond acceptors (Lipinski definition) is 4. The van der Waals surface area contributed by atoms with Gasteiger partial charge in [0.25, 0.3) is 0 Å². The third-order valence-corrected chi connectivity index (χ3v) is 4.01. The molecule has 0 aliphatic rings. The Hall–Kier alpha value is -0.650. The summed E-state index contributed by atoms with van der Waals surface area (Å²) in [5, 5.41) is 12.6. The van der Waals surface area contributed by atoms with E-state index in [0.29, 0.717) is 32.0 Å². The number of carboxylic acid groups (broad SMARTS) is 1. The van der Waals surface area contributed by atoms with Crippen LogP contribution in [0.1, 0.15) is 47.0 Å². The zero-order valence-electron chi connectivity index (χ0n) is 13.7. The number of aliphatic carboxylic acids is 1. The van der Waals surface area contributed by atoms with Crippen LogP contribution in [0.3, 0.4) is 0 Å². The summed E-state index contributed by atoms with van der Waals surface area (Å²) < 4.78 is 5.18. The predicted molar refractivity (Wildman–Crippen MR) is 82.2 cm³/mol. The largest absolute Gasteiger partial charge is 0.480 e. The van der Waals surface area contributed by atoms with Crippen molar-refractivity contribution in [3.63, 3.8) is 0 Å². The standard InChI is InChI=1S/C15H32N2O3/c1-6-15(14(18)19,16-7-2)10-9-11-17(8-3)13(4)12-20-5/h13,16H,6-12H2,1-5H3,(H,18,19). The highest BCUT2D eigenvalue weighted by atomic mass is 16.5. The van der Waals surface area contributed by atoms with Crippen molar-refractivity contribution >= 4 is 5.97 Å². The molecule has 0 bridgehead atoms. The molecule has 0 spiro atoms. The molecule has 0 amide bonds. The summed E-state index contributed by atoms with van der Waals surface area (Å²) in [6.07, 6.45) is 2.13. The van der Waals surface area contributed by atoms with Crippen molar-refractivity contribution < 1.29 is 14.6 Å². The summed E-state index contributed by atoms with van der Waals surface area (Å²) in [6.45, 7) is 11.4. The van der Waals surface area contributed by atoms with Gasteiger partial charge in [0.15, 0.2) is 0 Å². The van der Waals surface area contributed by atoms with Crippen LogP contribution in [0.25, 0.3) is 0 Å². The summed E-state index contributed by atoms with van der Waals surface area (Å²) in [6, 6.07) is 0.366. The number of hydrogen-bond donors (Lipinski definition) is 2. The summed E-state index contributed by atoms with van der Waals surface area (Å²) in [5.74, 6) is -0.741. The summed E-state index contributed by atoms with van der Waals surface area (Å²) >= 11 is 0. The lowest BCUT2D eigenvalue weighted by Crippen LogP contribution is -2.52. The maximum Gasteiger partial charge on any atom is 0.323 e. The van der Waals surface area contributed by atoms with Crippen LogP contribution in [-0.2, 0) is 9.53 Å². The average molecular weight is 288 g/mol. The Kier molecular flexibility index (Phi) is 9.80. The highest BCUT2D eigenvalue weighted by molar-refractivity contribution is 5.78. The Morgan fingerprint density at radius 2 is 2.05 bits per heavy atom. The molecule has 0 heterocycles. The smallest absolute Gasteiger partial charge is 0.323 e. The number of ether oxygens (including phenoxy) is 1. The minimum absolute atomic E-state index is 0.366. The third-order valence-electron chi connectivity index (χ3n) is 4.01. The second-order valence-electron chi connectivity index (χ2n) is 5.31. The molecule has 0 aliphatic heterocycles. The Morgan fingerprint density at radius 3 is 2.45 bits per heavy atom. The predicted octanol–water partition coefficient (Wildman–Crippen LogP) is 1.97. The van der Waals surface area contributed by atoms with Gasteiger partial charge in [-0.3, -0.25) is 9.69 Å². The molecule has 2 atom stereocenters. The summed E-state index contributed by atoms with van der Waals surface area (Å²) in [5.41, 5.74) is -0.779. The fourth-order valence-corrected chi connectivity index (χ4v) is 2.68. The number of nitrogens with zero attached hydrogens (tertiary/aromatic N) is 1. The molecule has 0 radical (unpaired) electrons. The Morgan fingerprint density at radius 1 is 1.40 bits per heavy atom. The molecular formula is C15H32N2O3. The van der Waals surface area contributed by atoms with Gasteiger partial charge in [-0.2, -0.15) is 0 Å². The number of carbonyl (C=O) groups is 1. The van der Waals surface area contributed by atoms with Gasteiger partial charge < -0.3 is 15.2 Å². The van der Waals surface area contributed by atoms with Gasteiger partial charge in [0, 0.05) is 13.2 Å². The van der Waals surface area contributed by atoms with Crippen molar-refractivity contribution in [2.45, 2.75) is 58.5 Å². The van der Waals surface area contributed by atoms with E-state index in [0.717, 1.165) is 19.5 Å². The van der Waals surface area contributed by atoms with Crippen LogP contribution in [0.15, 0.2) is 0 Å². The monoisotopic (exact) mass is 288 g/mol. The van der Waals surface area contributed by atoms with E-state index in [1.165, 1.54) is 0 Å². The van der Waals surface area contributed by atoms with Crippen LogP contribution < -0.4 is 5.32 Å². The van der Waals surface area contributed by atoms with E-state index < -0.39 is 11.5 Å². The summed E-state index contributed by atoms with van der Waals surface area (Å²) in [7, 11) is 1.71. The van der Waals surface area contributed by atoms with Crippen molar-refractivity contribution in [1.82, 2.24) is 10.2 Å². The lowest BCUT2D eigenvalue weighted by Gasteiger charge is -2.32. The van der Waals surface area contributed by atoms with E-state index >= 15 is 0 Å². The van der Waals surface area contributed by atoms with E-state index in [4.69, 9.17) is 4.74 Å². The molecule has 5 heteroatoms. The lowest BCUT2D eigenvalue weighted by atomic mass is 9.90. The Labute approximate surface area is 123 Å². The second-order valence-corrected chi connectivity index (χ2v) is 5.31. The first-order valence-corrected chi connectivity index (χ1v) is 7.68. The molecule has 0 aromatic heterocycles. The van der Waals surface area contributed by atoms with Crippen molar-refractivity contribution in [1.29, 1.82) is 0 Å². The van der Waals surface area contributed by atoms with Crippen molar-refractivity contribution in [2.24, 2.45) is 0 Å². The van der Waals surface area contributed by atoms with E-state index in [1.807, 2.05) is 13.8 Å². The molecule has 0 aliphatic carbocycles. The molecule has 0 saturated carbocycles. The Balaban J connectivity index is 4.44. The van der Waals surface area contributed by atoms with Crippen LogP contribution in [0.2, 0.25) is 0 Å². The second kappa shape index (κ2) is 10.1. The van der Waals surface area contributed by atoms with Gasteiger partial charge in [-0.05, 0) is 45.8 Å². The normalized spacial score (nSPS) is 16.1. The topological polar surface area (TPSA) is 61.8 Å². The van der Waals surface area contributed by atoms with Crippen LogP contribution in [0.5, 0.6) is 0 Å². The maximum atomic E-state index is 11.5. The number of likely N-dealkylation sites (N-methyl/N-ethyl adjacent to an activating group) is 2. The molecule has 0 aromatic carbocycles. The molecule has 0 fully saturated rings. The van der Waals surface area contributed by atoms with Crippen molar-refractivity contribution in [3.8, 4) is 0 Å². The molecule has 120 valence electrons.